The van der Waals surface area contributed by atoms with Crippen molar-refractivity contribution in [1.82, 2.24) is 29.5 Å². The molecular formula is C23H30N6O2S. The fourth-order valence-electron chi connectivity index (χ4n) is 4.10. The molecule has 4 heterocycles. The molecule has 3 aromatic heterocycles. The Balaban J connectivity index is 1.63. The van der Waals surface area contributed by atoms with Gasteiger partial charge in [-0.15, -0.1) is 11.3 Å². The Hall–Kier alpha value is -2.62. The van der Waals surface area contributed by atoms with E-state index in [9.17, 15) is 4.79 Å². The second-order valence-electron chi connectivity index (χ2n) is 8.34. The standard InChI is InChI=1S/C23H30N6O2S/c1-15(2)27-8-10-28(11-9-27)22(30)19-13-25-29(21(19)14-31-5)23-24-7-6-20(26-23)18-12-16(3)32-17(18)4/h6-7,12-13,15H,8-11,14H2,1-5H3. The number of amides is 1. The first kappa shape index (κ1) is 22.6. The summed E-state index contributed by atoms with van der Waals surface area (Å²) in [5.74, 6) is 0.411. The van der Waals surface area contributed by atoms with E-state index in [1.807, 2.05) is 11.0 Å². The lowest BCUT2D eigenvalue weighted by Gasteiger charge is -2.36. The number of thiophene rings is 1. The highest BCUT2D eigenvalue weighted by Crippen LogP contribution is 2.29. The van der Waals surface area contributed by atoms with Gasteiger partial charge in [0.25, 0.3) is 11.9 Å². The van der Waals surface area contributed by atoms with Gasteiger partial charge < -0.3 is 9.64 Å². The average Bonchev–Trinajstić information content (AvgIpc) is 3.36. The van der Waals surface area contributed by atoms with E-state index in [0.717, 1.165) is 24.3 Å². The zero-order valence-corrected chi connectivity index (χ0v) is 20.1. The third-order valence-corrected chi connectivity index (χ3v) is 6.83. The number of carbonyl (C=O) groups excluding carboxylic acids is 1. The van der Waals surface area contributed by atoms with E-state index < -0.39 is 0 Å². The van der Waals surface area contributed by atoms with Gasteiger partial charge in [0.05, 0.1) is 29.8 Å². The maximum Gasteiger partial charge on any atom is 0.257 e. The molecule has 1 aliphatic rings. The minimum absolute atomic E-state index is 0.0211. The average molecular weight is 455 g/mol. The van der Waals surface area contributed by atoms with Gasteiger partial charge in [0.2, 0.25) is 0 Å². The maximum absolute atomic E-state index is 13.3. The topological polar surface area (TPSA) is 76.4 Å². The molecule has 0 aromatic carbocycles. The quantitative estimate of drug-likeness (QED) is 0.569. The minimum atomic E-state index is -0.0211. The number of aromatic nitrogens is 4. The van der Waals surface area contributed by atoms with Crippen LogP contribution in [0.1, 0.15) is 39.7 Å². The molecule has 0 saturated carbocycles. The van der Waals surface area contributed by atoms with Crippen molar-refractivity contribution < 1.29 is 9.53 Å². The van der Waals surface area contributed by atoms with E-state index in [0.29, 0.717) is 36.3 Å². The van der Waals surface area contributed by atoms with E-state index >= 15 is 0 Å². The first-order chi connectivity index (χ1) is 15.4. The van der Waals surface area contributed by atoms with Crippen molar-refractivity contribution >= 4 is 17.2 Å². The van der Waals surface area contributed by atoms with Crippen molar-refractivity contribution in [3.05, 3.63) is 45.5 Å². The van der Waals surface area contributed by atoms with E-state index in [-0.39, 0.29) is 12.5 Å². The second-order valence-corrected chi connectivity index (χ2v) is 9.80. The molecule has 0 spiro atoms. The van der Waals surface area contributed by atoms with Crippen molar-refractivity contribution in [3.63, 3.8) is 0 Å². The summed E-state index contributed by atoms with van der Waals surface area (Å²) in [6.45, 7) is 12.0. The van der Waals surface area contributed by atoms with Gasteiger partial charge in [0, 0.05) is 60.8 Å². The van der Waals surface area contributed by atoms with Crippen molar-refractivity contribution in [3.8, 4) is 17.2 Å². The van der Waals surface area contributed by atoms with E-state index in [1.54, 1.807) is 35.5 Å². The SMILES string of the molecule is COCc1c(C(=O)N2CCN(C(C)C)CC2)cnn1-c1nccc(-c2cc(C)sc2C)n1. The second kappa shape index (κ2) is 9.48. The normalized spacial score (nSPS) is 15.0. The Morgan fingerprint density at radius 2 is 1.97 bits per heavy atom. The highest BCUT2D eigenvalue weighted by molar-refractivity contribution is 7.12. The Bertz CT molecular complexity index is 1100. The van der Waals surface area contributed by atoms with Crippen LogP contribution in [0.4, 0.5) is 0 Å². The first-order valence-electron chi connectivity index (χ1n) is 10.9. The molecular weight excluding hydrogens is 424 g/mol. The van der Waals surface area contributed by atoms with Crippen LogP contribution in [-0.2, 0) is 11.3 Å². The van der Waals surface area contributed by atoms with Crippen molar-refractivity contribution in [2.75, 3.05) is 33.3 Å². The van der Waals surface area contributed by atoms with Gasteiger partial charge in [0.1, 0.15) is 0 Å². The molecule has 4 rings (SSSR count). The largest absolute Gasteiger partial charge is 0.378 e. The van der Waals surface area contributed by atoms with Gasteiger partial charge in [0.15, 0.2) is 0 Å². The molecule has 0 atom stereocenters. The Kier molecular flexibility index (Phi) is 6.68. The number of nitrogens with zero attached hydrogens (tertiary/aromatic N) is 6. The Morgan fingerprint density at radius 1 is 1.22 bits per heavy atom. The first-order valence-corrected chi connectivity index (χ1v) is 11.7. The van der Waals surface area contributed by atoms with Crippen LogP contribution in [0.15, 0.2) is 24.5 Å². The van der Waals surface area contributed by atoms with Gasteiger partial charge >= 0.3 is 0 Å². The number of methoxy groups -OCH3 is 1. The van der Waals surface area contributed by atoms with E-state index in [4.69, 9.17) is 9.72 Å². The summed E-state index contributed by atoms with van der Waals surface area (Å²) >= 11 is 1.75. The lowest BCUT2D eigenvalue weighted by molar-refractivity contribution is 0.0591. The molecule has 9 heteroatoms. The zero-order chi connectivity index (χ0) is 22.8. The van der Waals surface area contributed by atoms with Gasteiger partial charge in [-0.05, 0) is 39.8 Å². The van der Waals surface area contributed by atoms with Crippen molar-refractivity contribution in [2.24, 2.45) is 0 Å². The van der Waals surface area contributed by atoms with Crippen LogP contribution in [-0.4, -0.2) is 74.8 Å². The molecule has 0 radical (unpaired) electrons. The third kappa shape index (κ3) is 4.46. The molecule has 32 heavy (non-hydrogen) atoms. The summed E-state index contributed by atoms with van der Waals surface area (Å²) in [7, 11) is 1.61. The summed E-state index contributed by atoms with van der Waals surface area (Å²) in [5.41, 5.74) is 3.14. The summed E-state index contributed by atoms with van der Waals surface area (Å²) in [6.07, 6.45) is 3.34. The lowest BCUT2D eigenvalue weighted by atomic mass is 10.2. The number of rotatable bonds is 6. The van der Waals surface area contributed by atoms with Gasteiger partial charge in [-0.3, -0.25) is 9.69 Å². The van der Waals surface area contributed by atoms with Crippen LogP contribution in [0.25, 0.3) is 17.2 Å². The third-order valence-electron chi connectivity index (χ3n) is 5.86. The molecule has 8 nitrogen and oxygen atoms in total. The Morgan fingerprint density at radius 3 is 2.59 bits per heavy atom. The van der Waals surface area contributed by atoms with E-state index in [2.05, 4.69) is 48.7 Å². The summed E-state index contributed by atoms with van der Waals surface area (Å²) < 4.78 is 7.04. The van der Waals surface area contributed by atoms with Gasteiger partial charge in [-0.1, -0.05) is 0 Å². The van der Waals surface area contributed by atoms with Crippen molar-refractivity contribution in [1.29, 1.82) is 0 Å². The summed E-state index contributed by atoms with van der Waals surface area (Å²) in [5, 5.41) is 4.48. The molecule has 0 bridgehead atoms. The minimum Gasteiger partial charge on any atom is -0.378 e. The van der Waals surface area contributed by atoms with Crippen LogP contribution < -0.4 is 0 Å². The molecule has 0 N–H and O–H groups in total. The fourth-order valence-corrected chi connectivity index (χ4v) is 5.03. The van der Waals surface area contributed by atoms with Crippen LogP contribution in [0.5, 0.6) is 0 Å². The number of aryl methyl sites for hydroxylation is 2. The highest BCUT2D eigenvalue weighted by Gasteiger charge is 2.27. The lowest BCUT2D eigenvalue weighted by Crippen LogP contribution is -2.50. The summed E-state index contributed by atoms with van der Waals surface area (Å²) in [6, 6.07) is 4.52. The predicted molar refractivity (Wildman–Crippen MR) is 125 cm³/mol. The van der Waals surface area contributed by atoms with E-state index in [1.165, 1.54) is 9.75 Å². The maximum atomic E-state index is 13.3. The predicted octanol–water partition coefficient (Wildman–Crippen LogP) is 3.32. The number of piperazine rings is 1. The van der Waals surface area contributed by atoms with Crippen LogP contribution in [0.2, 0.25) is 0 Å². The number of hydrogen-bond acceptors (Lipinski definition) is 7. The molecule has 170 valence electrons. The zero-order valence-electron chi connectivity index (χ0n) is 19.3. The Labute approximate surface area is 192 Å². The molecule has 1 fully saturated rings. The molecule has 3 aromatic rings. The number of hydrogen-bond donors (Lipinski definition) is 0. The molecule has 0 unspecified atom stereocenters. The molecule has 1 amide bonds. The molecule has 0 aliphatic carbocycles. The van der Waals surface area contributed by atoms with Crippen LogP contribution in [0.3, 0.4) is 0 Å². The number of ether oxygens (including phenoxy) is 1. The monoisotopic (exact) mass is 454 g/mol. The number of carbonyl (C=O) groups is 1. The van der Waals surface area contributed by atoms with Crippen LogP contribution in [0, 0.1) is 13.8 Å². The molecule has 1 aliphatic heterocycles. The van der Waals surface area contributed by atoms with Crippen molar-refractivity contribution in [2.45, 2.75) is 40.3 Å². The molecule has 1 saturated heterocycles. The van der Waals surface area contributed by atoms with Crippen LogP contribution >= 0.6 is 11.3 Å². The smallest absolute Gasteiger partial charge is 0.257 e. The highest BCUT2D eigenvalue weighted by atomic mass is 32.1. The summed E-state index contributed by atoms with van der Waals surface area (Å²) in [4.78, 5) is 29.2. The van der Waals surface area contributed by atoms with Gasteiger partial charge in [-0.25, -0.2) is 9.97 Å². The fraction of sp³-hybridized carbons (Fsp3) is 0.478. The van der Waals surface area contributed by atoms with Gasteiger partial charge in [-0.2, -0.15) is 9.78 Å².